The Hall–Kier alpha value is -1.26. The second-order valence-electron chi connectivity index (χ2n) is 6.61. The minimum atomic E-state index is 0. The zero-order valence-corrected chi connectivity index (χ0v) is 14.8. The molecule has 1 N–H and O–H groups in total. The molecule has 0 spiro atoms. The number of carbonyl (C=O) groups is 1. The lowest BCUT2D eigenvalue weighted by molar-refractivity contribution is -0.131. The first kappa shape index (κ1) is 18.1. The quantitative estimate of drug-likeness (QED) is 0.917. The van der Waals surface area contributed by atoms with Crippen molar-refractivity contribution in [2.45, 2.75) is 50.6 Å². The number of fused-ring (bicyclic) bond motifs is 2. The number of hydrogen-bond acceptors (Lipinski definition) is 3. The van der Waals surface area contributed by atoms with Crippen LogP contribution in [0.15, 0.2) is 24.3 Å². The minimum absolute atomic E-state index is 0. The standard InChI is InChI=1S/C18H26N2O2.ClH/c1-13(16-5-3-4-6-17(16)22-2)11-18(21)20-10-9-14-7-8-15(12-20)19-14;/h3-6,13-15,19H,7-12H2,1-2H3;1H. The molecule has 0 saturated carbocycles. The summed E-state index contributed by atoms with van der Waals surface area (Å²) >= 11 is 0. The van der Waals surface area contributed by atoms with Gasteiger partial charge in [-0.15, -0.1) is 12.4 Å². The van der Waals surface area contributed by atoms with Gasteiger partial charge in [0.15, 0.2) is 0 Å². The largest absolute Gasteiger partial charge is 0.496 e. The maximum absolute atomic E-state index is 12.7. The first-order valence-corrected chi connectivity index (χ1v) is 8.34. The van der Waals surface area contributed by atoms with Gasteiger partial charge in [0, 0.05) is 31.6 Å². The summed E-state index contributed by atoms with van der Waals surface area (Å²) in [6.07, 6.45) is 4.11. The third-order valence-electron chi connectivity index (χ3n) is 5.03. The molecule has 1 amide bonds. The molecule has 0 radical (unpaired) electrons. The van der Waals surface area contributed by atoms with Crippen molar-refractivity contribution in [3.8, 4) is 5.75 Å². The summed E-state index contributed by atoms with van der Waals surface area (Å²) < 4.78 is 5.42. The summed E-state index contributed by atoms with van der Waals surface area (Å²) in [5, 5.41) is 3.63. The van der Waals surface area contributed by atoms with E-state index in [2.05, 4.69) is 23.2 Å². The Balaban J connectivity index is 0.00000192. The number of nitrogens with zero attached hydrogens (tertiary/aromatic N) is 1. The second kappa shape index (κ2) is 8.02. The lowest BCUT2D eigenvalue weighted by atomic mass is 9.96. The number of ether oxygens (including phenoxy) is 1. The highest BCUT2D eigenvalue weighted by atomic mass is 35.5. The Morgan fingerprint density at radius 2 is 2.04 bits per heavy atom. The average molecular weight is 339 g/mol. The molecule has 2 heterocycles. The number of likely N-dealkylation sites (tertiary alicyclic amines) is 1. The molecule has 0 aliphatic carbocycles. The number of benzene rings is 1. The summed E-state index contributed by atoms with van der Waals surface area (Å²) in [5.74, 6) is 1.32. The molecular formula is C18H27ClN2O2. The maximum atomic E-state index is 12.7. The van der Waals surface area contributed by atoms with Crippen LogP contribution in [-0.2, 0) is 4.79 Å². The summed E-state index contributed by atoms with van der Waals surface area (Å²) in [4.78, 5) is 14.7. The fourth-order valence-electron chi connectivity index (χ4n) is 3.74. The van der Waals surface area contributed by atoms with Gasteiger partial charge >= 0.3 is 0 Å². The van der Waals surface area contributed by atoms with Gasteiger partial charge in [0.1, 0.15) is 5.75 Å². The lowest BCUT2D eigenvalue weighted by Crippen LogP contribution is -2.39. The predicted octanol–water partition coefficient (Wildman–Crippen LogP) is 2.96. The van der Waals surface area contributed by atoms with Gasteiger partial charge in [-0.05, 0) is 36.8 Å². The van der Waals surface area contributed by atoms with E-state index >= 15 is 0 Å². The highest BCUT2D eigenvalue weighted by Gasteiger charge is 2.31. The van der Waals surface area contributed by atoms with Gasteiger partial charge in [0.2, 0.25) is 5.91 Å². The van der Waals surface area contributed by atoms with E-state index < -0.39 is 0 Å². The zero-order chi connectivity index (χ0) is 15.5. The summed E-state index contributed by atoms with van der Waals surface area (Å²) in [5.41, 5.74) is 1.12. The van der Waals surface area contributed by atoms with Crippen LogP contribution in [0, 0.1) is 0 Å². The van der Waals surface area contributed by atoms with Crippen molar-refractivity contribution in [1.29, 1.82) is 0 Å². The number of carbonyl (C=O) groups excluding carboxylic acids is 1. The van der Waals surface area contributed by atoms with Crippen molar-refractivity contribution in [3.05, 3.63) is 29.8 Å². The molecule has 1 aromatic carbocycles. The predicted molar refractivity (Wildman–Crippen MR) is 94.4 cm³/mol. The normalized spacial score (nSPS) is 24.5. The topological polar surface area (TPSA) is 41.6 Å². The van der Waals surface area contributed by atoms with Gasteiger partial charge in [0.05, 0.1) is 7.11 Å². The highest BCUT2D eigenvalue weighted by molar-refractivity contribution is 5.85. The molecule has 4 nitrogen and oxygen atoms in total. The first-order valence-electron chi connectivity index (χ1n) is 8.34. The van der Waals surface area contributed by atoms with E-state index in [1.165, 1.54) is 12.8 Å². The third-order valence-corrected chi connectivity index (χ3v) is 5.03. The molecule has 3 rings (SSSR count). The fourth-order valence-corrected chi connectivity index (χ4v) is 3.74. The lowest BCUT2D eigenvalue weighted by Gasteiger charge is -2.26. The Kier molecular flexibility index (Phi) is 6.31. The van der Waals surface area contributed by atoms with Crippen molar-refractivity contribution in [2.75, 3.05) is 20.2 Å². The van der Waals surface area contributed by atoms with Gasteiger partial charge < -0.3 is 15.0 Å². The van der Waals surface area contributed by atoms with E-state index in [1.54, 1.807) is 7.11 Å². The van der Waals surface area contributed by atoms with Crippen LogP contribution in [0.1, 0.15) is 44.1 Å². The summed E-state index contributed by atoms with van der Waals surface area (Å²) in [6, 6.07) is 9.11. The van der Waals surface area contributed by atoms with E-state index in [-0.39, 0.29) is 24.2 Å². The van der Waals surface area contributed by atoms with Crippen LogP contribution in [-0.4, -0.2) is 43.1 Å². The monoisotopic (exact) mass is 338 g/mol. The van der Waals surface area contributed by atoms with Crippen LogP contribution in [0.4, 0.5) is 0 Å². The van der Waals surface area contributed by atoms with Gasteiger partial charge in [-0.1, -0.05) is 25.1 Å². The van der Waals surface area contributed by atoms with E-state index in [0.717, 1.165) is 30.8 Å². The summed E-state index contributed by atoms with van der Waals surface area (Å²) in [6.45, 7) is 3.87. The molecular weight excluding hydrogens is 312 g/mol. The van der Waals surface area contributed by atoms with Crippen molar-refractivity contribution >= 4 is 18.3 Å². The molecule has 2 bridgehead atoms. The van der Waals surface area contributed by atoms with Gasteiger partial charge in [-0.25, -0.2) is 0 Å². The van der Waals surface area contributed by atoms with E-state index in [4.69, 9.17) is 4.74 Å². The number of halogens is 1. The second-order valence-corrected chi connectivity index (χ2v) is 6.61. The molecule has 23 heavy (non-hydrogen) atoms. The molecule has 3 unspecified atom stereocenters. The van der Waals surface area contributed by atoms with Gasteiger partial charge in [-0.3, -0.25) is 4.79 Å². The van der Waals surface area contributed by atoms with E-state index in [0.29, 0.717) is 18.5 Å². The van der Waals surface area contributed by atoms with Crippen molar-refractivity contribution in [1.82, 2.24) is 10.2 Å². The molecule has 2 saturated heterocycles. The van der Waals surface area contributed by atoms with Crippen LogP contribution < -0.4 is 10.1 Å². The van der Waals surface area contributed by atoms with Crippen LogP contribution in [0.25, 0.3) is 0 Å². The summed E-state index contributed by atoms with van der Waals surface area (Å²) in [7, 11) is 1.69. The van der Waals surface area contributed by atoms with E-state index in [1.807, 2.05) is 18.2 Å². The number of methoxy groups -OCH3 is 1. The Morgan fingerprint density at radius 3 is 2.83 bits per heavy atom. The van der Waals surface area contributed by atoms with Crippen LogP contribution in [0.5, 0.6) is 5.75 Å². The maximum Gasteiger partial charge on any atom is 0.223 e. The molecule has 5 heteroatoms. The third kappa shape index (κ3) is 4.18. The minimum Gasteiger partial charge on any atom is -0.496 e. The number of amides is 1. The van der Waals surface area contributed by atoms with Gasteiger partial charge in [-0.2, -0.15) is 0 Å². The Morgan fingerprint density at radius 1 is 1.30 bits per heavy atom. The van der Waals surface area contributed by atoms with Crippen molar-refractivity contribution in [2.24, 2.45) is 0 Å². The average Bonchev–Trinajstić information content (AvgIpc) is 2.86. The smallest absolute Gasteiger partial charge is 0.223 e. The number of hydrogen-bond donors (Lipinski definition) is 1. The fraction of sp³-hybridized carbons (Fsp3) is 0.611. The molecule has 2 aliphatic rings. The molecule has 2 aliphatic heterocycles. The first-order chi connectivity index (χ1) is 10.7. The molecule has 2 fully saturated rings. The zero-order valence-electron chi connectivity index (χ0n) is 14.0. The Labute approximate surface area is 145 Å². The Bertz CT molecular complexity index is 538. The van der Waals surface area contributed by atoms with Gasteiger partial charge in [0.25, 0.3) is 0 Å². The van der Waals surface area contributed by atoms with Crippen LogP contribution >= 0.6 is 12.4 Å². The highest BCUT2D eigenvalue weighted by Crippen LogP contribution is 2.29. The SMILES string of the molecule is COc1ccccc1C(C)CC(=O)N1CCC2CCC(C1)N2.Cl. The molecule has 3 atom stereocenters. The molecule has 0 aromatic heterocycles. The number of para-hydroxylation sites is 1. The van der Waals surface area contributed by atoms with Crippen LogP contribution in [0.3, 0.4) is 0 Å². The van der Waals surface area contributed by atoms with Crippen molar-refractivity contribution in [3.63, 3.8) is 0 Å². The number of rotatable bonds is 4. The van der Waals surface area contributed by atoms with Crippen LogP contribution in [0.2, 0.25) is 0 Å². The van der Waals surface area contributed by atoms with E-state index in [9.17, 15) is 4.79 Å². The molecule has 1 aromatic rings. The number of nitrogens with one attached hydrogen (secondary N) is 1. The van der Waals surface area contributed by atoms with Crippen molar-refractivity contribution < 1.29 is 9.53 Å². The molecule has 128 valence electrons.